The summed E-state index contributed by atoms with van der Waals surface area (Å²) >= 11 is 0. The number of carbonyl (C=O) groups is 1. The minimum Gasteiger partial charge on any atom is -0.368 e. The molecule has 0 atom stereocenters. The third kappa shape index (κ3) is 3.50. The van der Waals surface area contributed by atoms with E-state index in [0.29, 0.717) is 0 Å². The normalized spacial score (nSPS) is 10.9. The van der Waals surface area contributed by atoms with Gasteiger partial charge in [0.05, 0.1) is 10.3 Å². The maximum Gasteiger partial charge on any atom is 0.329 e. The molecule has 1 heterocycles. The van der Waals surface area contributed by atoms with Crippen molar-refractivity contribution in [3.63, 3.8) is 0 Å². The molecule has 0 fully saturated rings. The van der Waals surface area contributed by atoms with Crippen LogP contribution in [-0.4, -0.2) is 34.4 Å². The van der Waals surface area contributed by atoms with Crippen molar-refractivity contribution in [1.29, 1.82) is 0 Å². The topological polar surface area (TPSA) is 136 Å². The Labute approximate surface area is 109 Å². The van der Waals surface area contributed by atoms with Gasteiger partial charge in [-0.3, -0.25) is 14.9 Å². The van der Waals surface area contributed by atoms with Crippen LogP contribution < -0.4 is 16.4 Å². The van der Waals surface area contributed by atoms with Gasteiger partial charge in [0, 0.05) is 13.6 Å². The largest absolute Gasteiger partial charge is 0.368 e. The number of carbonyl (C=O) groups excluding carboxylic acids is 1. The van der Waals surface area contributed by atoms with Crippen molar-refractivity contribution in [3.8, 4) is 0 Å². The molecule has 1 amide bonds. The fraction of sp³-hybridized carbons (Fsp3) is 0.500. The Bertz CT molecular complexity index is 502. The minimum absolute atomic E-state index is 0.00511. The van der Waals surface area contributed by atoms with Gasteiger partial charge in [0.2, 0.25) is 17.7 Å². The van der Waals surface area contributed by atoms with E-state index in [1.807, 2.05) is 0 Å². The van der Waals surface area contributed by atoms with E-state index in [-0.39, 0.29) is 29.9 Å². The number of nitrogen functional groups attached to an aromatic ring is 1. The van der Waals surface area contributed by atoms with E-state index in [2.05, 4.69) is 20.6 Å². The predicted octanol–water partition coefficient (Wildman–Crippen LogP) is 0.151. The number of nitrogens with two attached hydrogens (primary N) is 1. The molecule has 0 unspecified atom stereocenters. The highest BCUT2D eigenvalue weighted by molar-refractivity contribution is 5.82. The molecule has 0 aliphatic rings. The van der Waals surface area contributed by atoms with E-state index in [1.54, 1.807) is 13.8 Å². The zero-order valence-corrected chi connectivity index (χ0v) is 10.9. The second-order valence-electron chi connectivity index (χ2n) is 4.54. The van der Waals surface area contributed by atoms with E-state index in [4.69, 9.17) is 5.73 Å². The molecular formula is C10H16N6O3. The van der Waals surface area contributed by atoms with Gasteiger partial charge in [-0.05, 0) is 13.8 Å². The summed E-state index contributed by atoms with van der Waals surface area (Å²) < 4.78 is 0. The SMILES string of the molecule is CNC(=O)C(C)(C)CNc1nc(N)ncc1[N+](=O)[O-]. The number of hydrogen-bond donors (Lipinski definition) is 3. The highest BCUT2D eigenvalue weighted by Gasteiger charge is 2.28. The summed E-state index contributed by atoms with van der Waals surface area (Å²) in [5.74, 6) is -0.273. The lowest BCUT2D eigenvalue weighted by atomic mass is 9.92. The molecule has 0 bridgehead atoms. The van der Waals surface area contributed by atoms with Crippen LogP contribution in [0.2, 0.25) is 0 Å². The Morgan fingerprint density at radius 1 is 1.58 bits per heavy atom. The molecule has 9 nitrogen and oxygen atoms in total. The predicted molar refractivity (Wildman–Crippen MR) is 69.4 cm³/mol. The molecule has 19 heavy (non-hydrogen) atoms. The van der Waals surface area contributed by atoms with E-state index in [0.717, 1.165) is 6.20 Å². The molecule has 0 aliphatic carbocycles. The van der Waals surface area contributed by atoms with Crippen molar-refractivity contribution in [2.75, 3.05) is 24.6 Å². The van der Waals surface area contributed by atoms with E-state index < -0.39 is 10.3 Å². The number of hydrogen-bond acceptors (Lipinski definition) is 7. The van der Waals surface area contributed by atoms with Crippen molar-refractivity contribution in [3.05, 3.63) is 16.3 Å². The van der Waals surface area contributed by atoms with E-state index in [1.165, 1.54) is 7.05 Å². The van der Waals surface area contributed by atoms with Crippen LogP contribution in [0.4, 0.5) is 17.5 Å². The van der Waals surface area contributed by atoms with Gasteiger partial charge in [-0.15, -0.1) is 0 Å². The number of nitrogens with one attached hydrogen (secondary N) is 2. The number of nitro groups is 1. The Kier molecular flexibility index (Phi) is 4.20. The lowest BCUT2D eigenvalue weighted by Gasteiger charge is -2.22. The van der Waals surface area contributed by atoms with Gasteiger partial charge in [-0.2, -0.15) is 4.98 Å². The van der Waals surface area contributed by atoms with E-state index >= 15 is 0 Å². The van der Waals surface area contributed by atoms with Gasteiger partial charge >= 0.3 is 5.69 Å². The second kappa shape index (κ2) is 5.46. The lowest BCUT2D eigenvalue weighted by molar-refractivity contribution is -0.384. The lowest BCUT2D eigenvalue weighted by Crippen LogP contribution is -2.39. The highest BCUT2D eigenvalue weighted by atomic mass is 16.6. The van der Waals surface area contributed by atoms with Gasteiger partial charge in [0.1, 0.15) is 6.20 Å². The fourth-order valence-electron chi connectivity index (χ4n) is 1.38. The molecule has 0 aromatic carbocycles. The van der Waals surface area contributed by atoms with Crippen LogP contribution in [0.3, 0.4) is 0 Å². The molecule has 0 radical (unpaired) electrons. The molecular weight excluding hydrogens is 252 g/mol. The molecule has 104 valence electrons. The van der Waals surface area contributed by atoms with Crippen molar-refractivity contribution < 1.29 is 9.72 Å². The van der Waals surface area contributed by atoms with Crippen LogP contribution >= 0.6 is 0 Å². The molecule has 0 aliphatic heterocycles. The standard InChI is InChI=1S/C10H16N6O3/c1-10(2,8(17)12-3)5-14-7-6(16(18)19)4-13-9(11)15-7/h4H,5H2,1-3H3,(H,12,17)(H3,11,13,14,15). The van der Waals surface area contributed by atoms with Crippen molar-refractivity contribution in [2.45, 2.75) is 13.8 Å². The summed E-state index contributed by atoms with van der Waals surface area (Å²) in [4.78, 5) is 29.1. The summed E-state index contributed by atoms with van der Waals surface area (Å²) in [6, 6.07) is 0. The summed E-state index contributed by atoms with van der Waals surface area (Å²) in [5.41, 5.74) is 4.35. The first-order valence-electron chi connectivity index (χ1n) is 5.51. The average Bonchev–Trinajstić information content (AvgIpc) is 2.35. The van der Waals surface area contributed by atoms with Gasteiger partial charge in [0.25, 0.3) is 0 Å². The van der Waals surface area contributed by atoms with Crippen molar-refractivity contribution in [1.82, 2.24) is 15.3 Å². The Morgan fingerprint density at radius 2 is 2.21 bits per heavy atom. The Morgan fingerprint density at radius 3 is 2.74 bits per heavy atom. The minimum atomic E-state index is -0.748. The van der Waals surface area contributed by atoms with Crippen molar-refractivity contribution >= 4 is 23.4 Å². The molecule has 0 saturated heterocycles. The molecule has 1 rings (SSSR count). The first kappa shape index (κ1) is 14.6. The summed E-state index contributed by atoms with van der Waals surface area (Å²) in [6.07, 6.45) is 1.03. The van der Waals surface area contributed by atoms with Crippen LogP contribution in [0, 0.1) is 15.5 Å². The van der Waals surface area contributed by atoms with Gasteiger partial charge < -0.3 is 16.4 Å². The van der Waals surface area contributed by atoms with E-state index in [9.17, 15) is 14.9 Å². The quantitative estimate of drug-likeness (QED) is 0.510. The van der Waals surface area contributed by atoms with Crippen LogP contribution in [0.5, 0.6) is 0 Å². The van der Waals surface area contributed by atoms with Crippen molar-refractivity contribution in [2.24, 2.45) is 5.41 Å². The third-order valence-electron chi connectivity index (χ3n) is 2.52. The zero-order chi connectivity index (χ0) is 14.6. The van der Waals surface area contributed by atoms with Gasteiger partial charge in [-0.1, -0.05) is 0 Å². The van der Waals surface area contributed by atoms with Gasteiger partial charge in [0.15, 0.2) is 0 Å². The molecule has 0 saturated carbocycles. The molecule has 4 N–H and O–H groups in total. The number of anilines is 2. The number of aromatic nitrogens is 2. The summed E-state index contributed by atoms with van der Waals surface area (Å²) in [5, 5.41) is 16.1. The first-order chi connectivity index (χ1) is 8.77. The highest BCUT2D eigenvalue weighted by Crippen LogP contribution is 2.23. The fourth-order valence-corrected chi connectivity index (χ4v) is 1.38. The Hall–Kier alpha value is -2.45. The molecule has 9 heteroatoms. The maximum absolute atomic E-state index is 11.6. The molecule has 1 aromatic heterocycles. The Balaban J connectivity index is 2.91. The second-order valence-corrected chi connectivity index (χ2v) is 4.54. The monoisotopic (exact) mass is 268 g/mol. The van der Waals surface area contributed by atoms with Crippen LogP contribution in [0.1, 0.15) is 13.8 Å². The zero-order valence-electron chi connectivity index (χ0n) is 10.9. The summed E-state index contributed by atoms with van der Waals surface area (Å²) in [6.45, 7) is 3.58. The number of nitrogens with zero attached hydrogens (tertiary/aromatic N) is 3. The third-order valence-corrected chi connectivity index (χ3v) is 2.52. The van der Waals surface area contributed by atoms with Crippen LogP contribution in [0.15, 0.2) is 6.20 Å². The molecule has 0 spiro atoms. The number of amides is 1. The first-order valence-corrected chi connectivity index (χ1v) is 5.51. The van der Waals surface area contributed by atoms with Gasteiger partial charge in [-0.25, -0.2) is 4.98 Å². The molecule has 1 aromatic rings. The van der Waals surface area contributed by atoms with Crippen LogP contribution in [0.25, 0.3) is 0 Å². The number of rotatable bonds is 5. The smallest absolute Gasteiger partial charge is 0.329 e. The maximum atomic E-state index is 11.6. The average molecular weight is 268 g/mol. The van der Waals surface area contributed by atoms with Crippen LogP contribution in [-0.2, 0) is 4.79 Å². The summed E-state index contributed by atoms with van der Waals surface area (Å²) in [7, 11) is 1.52.